The van der Waals surface area contributed by atoms with Gasteiger partial charge < -0.3 is 0 Å². The summed E-state index contributed by atoms with van der Waals surface area (Å²) in [6.07, 6.45) is 12.5. The minimum Gasteiger partial charge on any atom is -0.229 e. The van der Waals surface area contributed by atoms with Crippen LogP contribution in [0.15, 0.2) is 0 Å². The van der Waals surface area contributed by atoms with Crippen LogP contribution in [0.3, 0.4) is 0 Å². The monoisotopic (exact) mass is 276 g/mol. The maximum Gasteiger partial charge on any atom is 0.152 e. The van der Waals surface area contributed by atoms with Crippen LogP contribution < -0.4 is 0 Å². The lowest BCUT2D eigenvalue weighted by Crippen LogP contribution is -2.17. The van der Waals surface area contributed by atoms with Gasteiger partial charge in [0.1, 0.15) is 0 Å². The molecule has 0 radical (unpaired) electrons. The van der Waals surface area contributed by atoms with Gasteiger partial charge in [0, 0.05) is 0 Å². The molecule has 0 N–H and O–H groups in total. The van der Waals surface area contributed by atoms with Crippen LogP contribution in [0.2, 0.25) is 0 Å². The maximum atomic E-state index is 11.6. The van der Waals surface area contributed by atoms with E-state index in [4.69, 9.17) is 0 Å². The van der Waals surface area contributed by atoms with E-state index in [9.17, 15) is 8.42 Å². The highest BCUT2D eigenvalue weighted by molar-refractivity contribution is 7.91. The van der Waals surface area contributed by atoms with Crippen LogP contribution in [0.5, 0.6) is 0 Å². The van der Waals surface area contributed by atoms with Crippen LogP contribution in [0, 0.1) is 0 Å². The van der Waals surface area contributed by atoms with Gasteiger partial charge in [0.15, 0.2) is 9.84 Å². The van der Waals surface area contributed by atoms with Gasteiger partial charge in [-0.05, 0) is 20.3 Å². The van der Waals surface area contributed by atoms with Crippen molar-refractivity contribution >= 4 is 9.84 Å². The first kappa shape index (κ1) is 17.9. The van der Waals surface area contributed by atoms with Crippen molar-refractivity contribution in [2.45, 2.75) is 90.2 Å². The molecule has 0 unspecified atom stereocenters. The SMILES string of the molecule is CCCCCCCCCCCCS(=O)(=O)C(C)C. The Morgan fingerprint density at radius 3 is 1.50 bits per heavy atom. The molecule has 0 atom stereocenters. The smallest absolute Gasteiger partial charge is 0.152 e. The van der Waals surface area contributed by atoms with Crippen molar-refractivity contribution in [2.24, 2.45) is 0 Å². The first-order chi connectivity index (χ1) is 8.50. The van der Waals surface area contributed by atoms with E-state index in [-0.39, 0.29) is 5.25 Å². The number of unbranched alkanes of at least 4 members (excludes halogenated alkanes) is 9. The fourth-order valence-corrected chi connectivity index (χ4v) is 3.10. The molecule has 0 aliphatic carbocycles. The lowest BCUT2D eigenvalue weighted by atomic mass is 10.1. The fourth-order valence-electron chi connectivity index (χ4n) is 2.03. The van der Waals surface area contributed by atoms with E-state index in [1.54, 1.807) is 13.8 Å². The zero-order chi connectivity index (χ0) is 13.9. The topological polar surface area (TPSA) is 34.1 Å². The molecule has 0 spiro atoms. The molecule has 18 heavy (non-hydrogen) atoms. The average molecular weight is 276 g/mol. The minimum atomic E-state index is -2.81. The quantitative estimate of drug-likeness (QED) is 0.483. The molecule has 0 saturated carbocycles. The van der Waals surface area contributed by atoms with Crippen LogP contribution in [0.1, 0.15) is 85.0 Å². The molecule has 0 rings (SSSR count). The molecule has 2 nitrogen and oxygen atoms in total. The second kappa shape index (κ2) is 10.8. The van der Waals surface area contributed by atoms with E-state index in [2.05, 4.69) is 6.92 Å². The summed E-state index contributed by atoms with van der Waals surface area (Å²) in [5, 5.41) is -0.212. The Morgan fingerprint density at radius 2 is 1.11 bits per heavy atom. The van der Waals surface area contributed by atoms with Crippen molar-refractivity contribution in [3.05, 3.63) is 0 Å². The number of sulfone groups is 1. The van der Waals surface area contributed by atoms with Crippen LogP contribution in [0.4, 0.5) is 0 Å². The third-order valence-corrected chi connectivity index (χ3v) is 5.79. The van der Waals surface area contributed by atoms with Crippen LogP contribution in [-0.4, -0.2) is 19.4 Å². The first-order valence-corrected chi connectivity index (χ1v) is 9.43. The van der Waals surface area contributed by atoms with Gasteiger partial charge in [0.25, 0.3) is 0 Å². The Balaban J connectivity index is 3.27. The average Bonchev–Trinajstić information content (AvgIpc) is 2.31. The summed E-state index contributed by atoms with van der Waals surface area (Å²) in [6.45, 7) is 5.78. The normalized spacial score (nSPS) is 12.2. The lowest BCUT2D eigenvalue weighted by molar-refractivity contribution is 0.556. The summed E-state index contributed by atoms with van der Waals surface area (Å²) in [5.74, 6) is 0.376. The van der Waals surface area contributed by atoms with E-state index >= 15 is 0 Å². The van der Waals surface area contributed by atoms with Gasteiger partial charge in [-0.2, -0.15) is 0 Å². The van der Waals surface area contributed by atoms with E-state index < -0.39 is 9.84 Å². The third kappa shape index (κ3) is 9.93. The van der Waals surface area contributed by atoms with Gasteiger partial charge in [0.2, 0.25) is 0 Å². The van der Waals surface area contributed by atoms with Crippen molar-refractivity contribution in [1.29, 1.82) is 0 Å². The molecule has 0 amide bonds. The van der Waals surface area contributed by atoms with Gasteiger partial charge in [-0.25, -0.2) is 8.42 Å². The van der Waals surface area contributed by atoms with Crippen LogP contribution in [0.25, 0.3) is 0 Å². The Labute approximate surface area is 114 Å². The Hall–Kier alpha value is -0.0500. The Kier molecular flexibility index (Phi) is 10.8. The molecule has 110 valence electrons. The summed E-state index contributed by atoms with van der Waals surface area (Å²) in [7, 11) is -2.81. The standard InChI is InChI=1S/C15H32O2S/c1-4-5-6-7-8-9-10-11-12-13-14-18(16,17)15(2)3/h15H,4-14H2,1-3H3. The second-order valence-corrected chi connectivity index (χ2v) is 8.27. The van der Waals surface area contributed by atoms with E-state index in [0.717, 1.165) is 12.8 Å². The van der Waals surface area contributed by atoms with Crippen molar-refractivity contribution < 1.29 is 8.42 Å². The highest BCUT2D eigenvalue weighted by Crippen LogP contribution is 2.11. The van der Waals surface area contributed by atoms with Gasteiger partial charge in [-0.3, -0.25) is 0 Å². The summed E-state index contributed by atoms with van der Waals surface area (Å²) >= 11 is 0. The zero-order valence-corrected chi connectivity index (χ0v) is 13.4. The molecule has 3 heteroatoms. The highest BCUT2D eigenvalue weighted by atomic mass is 32.2. The van der Waals surface area contributed by atoms with E-state index in [1.165, 1.54) is 51.4 Å². The molecule has 0 aromatic rings. The number of hydrogen-bond acceptors (Lipinski definition) is 2. The van der Waals surface area contributed by atoms with E-state index in [0.29, 0.717) is 5.75 Å². The molecular formula is C15H32O2S. The molecule has 0 aromatic heterocycles. The predicted octanol–water partition coefficient (Wildman–Crippen LogP) is 4.73. The summed E-state index contributed by atoms with van der Waals surface area (Å²) in [6, 6.07) is 0. The van der Waals surface area contributed by atoms with Gasteiger partial charge in [-0.15, -0.1) is 0 Å². The molecular weight excluding hydrogens is 244 g/mol. The summed E-state index contributed by atoms with van der Waals surface area (Å²) in [5.41, 5.74) is 0. The first-order valence-electron chi connectivity index (χ1n) is 7.72. The second-order valence-electron chi connectivity index (χ2n) is 5.60. The molecule has 0 heterocycles. The van der Waals surface area contributed by atoms with Crippen LogP contribution in [-0.2, 0) is 9.84 Å². The van der Waals surface area contributed by atoms with Crippen molar-refractivity contribution in [3.8, 4) is 0 Å². The van der Waals surface area contributed by atoms with Crippen molar-refractivity contribution in [1.82, 2.24) is 0 Å². The largest absolute Gasteiger partial charge is 0.229 e. The highest BCUT2D eigenvalue weighted by Gasteiger charge is 2.14. The number of hydrogen-bond donors (Lipinski definition) is 0. The molecule has 0 aromatic carbocycles. The van der Waals surface area contributed by atoms with Crippen molar-refractivity contribution in [2.75, 3.05) is 5.75 Å². The molecule has 0 bridgehead atoms. The lowest BCUT2D eigenvalue weighted by Gasteiger charge is -2.07. The maximum absolute atomic E-state index is 11.6. The van der Waals surface area contributed by atoms with Gasteiger partial charge in [0.05, 0.1) is 11.0 Å². The Bertz CT molecular complexity index is 268. The van der Waals surface area contributed by atoms with E-state index in [1.807, 2.05) is 0 Å². The predicted molar refractivity (Wildman–Crippen MR) is 80.8 cm³/mol. The van der Waals surface area contributed by atoms with Crippen molar-refractivity contribution in [3.63, 3.8) is 0 Å². The summed E-state index contributed by atoms with van der Waals surface area (Å²) < 4.78 is 23.1. The fraction of sp³-hybridized carbons (Fsp3) is 1.00. The zero-order valence-electron chi connectivity index (χ0n) is 12.6. The van der Waals surface area contributed by atoms with Crippen LogP contribution >= 0.6 is 0 Å². The minimum absolute atomic E-state index is 0.212. The molecule has 0 saturated heterocycles. The van der Waals surface area contributed by atoms with Gasteiger partial charge in [-0.1, -0.05) is 64.7 Å². The third-order valence-electron chi connectivity index (χ3n) is 3.50. The molecule has 0 fully saturated rings. The molecule has 0 aliphatic rings. The Morgan fingerprint density at radius 1 is 0.722 bits per heavy atom. The van der Waals surface area contributed by atoms with Gasteiger partial charge >= 0.3 is 0 Å². The number of rotatable bonds is 12. The molecule has 0 aliphatic heterocycles. The summed E-state index contributed by atoms with van der Waals surface area (Å²) in [4.78, 5) is 0.